The Labute approximate surface area is 81.9 Å². The number of nitrogen functional groups attached to an aromatic ring is 1. The van der Waals surface area contributed by atoms with Crippen LogP contribution in [0.4, 0.5) is 11.9 Å². The molecule has 74 valence electrons. The Morgan fingerprint density at radius 3 is 2.77 bits per heavy atom. The molecule has 0 radical (unpaired) electrons. The lowest BCUT2D eigenvalue weighted by atomic mass is 10.2. The van der Waals surface area contributed by atoms with Crippen molar-refractivity contribution in [3.63, 3.8) is 0 Å². The van der Waals surface area contributed by atoms with Gasteiger partial charge in [-0.05, 0) is 20.1 Å². The summed E-state index contributed by atoms with van der Waals surface area (Å²) in [6, 6.07) is 0. The van der Waals surface area contributed by atoms with E-state index in [0.717, 1.165) is 6.54 Å². The van der Waals surface area contributed by atoms with Crippen LogP contribution in [0.1, 0.15) is 13.8 Å². The lowest BCUT2D eigenvalue weighted by molar-refractivity contribution is 0.747. The Bertz CT molecular complexity index is 270. The minimum Gasteiger partial charge on any atom is -0.368 e. The third-order valence-electron chi connectivity index (χ3n) is 1.73. The fourth-order valence-corrected chi connectivity index (χ4v) is 0.934. The smallest absolute Gasteiger partial charge is 0.243 e. The maximum absolute atomic E-state index is 5.38. The zero-order valence-corrected chi connectivity index (χ0v) is 8.90. The summed E-state index contributed by atoms with van der Waals surface area (Å²) < 4.78 is 0.176. The van der Waals surface area contributed by atoms with Crippen molar-refractivity contribution in [2.75, 3.05) is 23.9 Å². The third-order valence-corrected chi connectivity index (χ3v) is 2.98. The molecule has 4 N–H and O–H groups in total. The molecule has 0 aliphatic carbocycles. The van der Waals surface area contributed by atoms with E-state index in [-0.39, 0.29) is 4.75 Å². The van der Waals surface area contributed by atoms with Crippen LogP contribution in [0.15, 0.2) is 0 Å². The van der Waals surface area contributed by atoms with Gasteiger partial charge >= 0.3 is 0 Å². The number of aromatic amines is 1. The Balaban J connectivity index is 2.43. The molecule has 1 aromatic rings. The number of thioether (sulfide) groups is 1. The van der Waals surface area contributed by atoms with Crippen molar-refractivity contribution in [1.82, 2.24) is 15.2 Å². The molecule has 0 aromatic carbocycles. The minimum atomic E-state index is 0.176. The molecule has 0 bridgehead atoms. The molecule has 1 rings (SSSR count). The van der Waals surface area contributed by atoms with Crippen LogP contribution in [0, 0.1) is 0 Å². The Hall–Kier alpha value is -0.910. The van der Waals surface area contributed by atoms with Crippen molar-refractivity contribution >= 4 is 23.7 Å². The molecule has 0 unspecified atom stereocenters. The van der Waals surface area contributed by atoms with Crippen LogP contribution in [0.2, 0.25) is 0 Å². The molecule has 0 atom stereocenters. The number of anilines is 2. The monoisotopic (exact) mass is 201 g/mol. The van der Waals surface area contributed by atoms with Crippen molar-refractivity contribution in [3.8, 4) is 0 Å². The Kier molecular flexibility index (Phi) is 3.02. The summed E-state index contributed by atoms with van der Waals surface area (Å²) >= 11 is 1.79. The van der Waals surface area contributed by atoms with Gasteiger partial charge in [0.2, 0.25) is 11.9 Å². The van der Waals surface area contributed by atoms with Crippen molar-refractivity contribution in [2.45, 2.75) is 18.6 Å². The molecule has 0 fully saturated rings. The molecular weight excluding hydrogens is 186 g/mol. The molecule has 13 heavy (non-hydrogen) atoms. The van der Waals surface area contributed by atoms with E-state index in [9.17, 15) is 0 Å². The highest BCUT2D eigenvalue weighted by atomic mass is 32.2. The summed E-state index contributed by atoms with van der Waals surface area (Å²) in [7, 11) is 0. The molecule has 0 saturated heterocycles. The molecule has 0 spiro atoms. The van der Waals surface area contributed by atoms with Crippen LogP contribution in [0.5, 0.6) is 0 Å². The number of nitrogens with zero attached hydrogens (tertiary/aromatic N) is 2. The predicted octanol–water partition coefficient (Wildman–Crippen LogP) is 0.940. The number of aromatic nitrogens is 3. The molecular formula is C7H15N5S. The van der Waals surface area contributed by atoms with Gasteiger partial charge in [0.1, 0.15) is 0 Å². The van der Waals surface area contributed by atoms with Gasteiger partial charge in [-0.25, -0.2) is 5.10 Å². The van der Waals surface area contributed by atoms with E-state index in [1.165, 1.54) is 0 Å². The fourth-order valence-electron chi connectivity index (χ4n) is 0.717. The van der Waals surface area contributed by atoms with Crippen molar-refractivity contribution in [3.05, 3.63) is 0 Å². The fraction of sp³-hybridized carbons (Fsp3) is 0.714. The molecule has 0 aliphatic heterocycles. The van der Waals surface area contributed by atoms with Crippen LogP contribution < -0.4 is 11.1 Å². The van der Waals surface area contributed by atoms with Gasteiger partial charge in [-0.1, -0.05) is 0 Å². The maximum Gasteiger partial charge on any atom is 0.243 e. The highest BCUT2D eigenvalue weighted by molar-refractivity contribution is 7.99. The van der Waals surface area contributed by atoms with Crippen molar-refractivity contribution in [2.24, 2.45) is 0 Å². The molecule has 6 heteroatoms. The van der Waals surface area contributed by atoms with E-state index in [1.807, 2.05) is 0 Å². The van der Waals surface area contributed by atoms with E-state index in [1.54, 1.807) is 11.8 Å². The van der Waals surface area contributed by atoms with Crippen LogP contribution in [0.25, 0.3) is 0 Å². The average Bonchev–Trinajstić information content (AvgIpc) is 2.48. The van der Waals surface area contributed by atoms with Crippen molar-refractivity contribution in [1.29, 1.82) is 0 Å². The first-order chi connectivity index (χ1) is 6.03. The van der Waals surface area contributed by atoms with Gasteiger partial charge in [0.05, 0.1) is 0 Å². The summed E-state index contributed by atoms with van der Waals surface area (Å²) in [6.07, 6.45) is 2.08. The lowest BCUT2D eigenvalue weighted by Crippen LogP contribution is -2.26. The van der Waals surface area contributed by atoms with Gasteiger partial charge in [0, 0.05) is 11.3 Å². The minimum absolute atomic E-state index is 0.176. The second kappa shape index (κ2) is 3.87. The number of hydrogen-bond donors (Lipinski definition) is 3. The summed E-state index contributed by atoms with van der Waals surface area (Å²) in [5.74, 6) is 0.893. The van der Waals surface area contributed by atoms with Gasteiger partial charge in [0.25, 0.3) is 0 Å². The first-order valence-electron chi connectivity index (χ1n) is 4.00. The van der Waals surface area contributed by atoms with Crippen LogP contribution >= 0.6 is 11.8 Å². The first-order valence-corrected chi connectivity index (χ1v) is 5.23. The highest BCUT2D eigenvalue weighted by Gasteiger charge is 2.15. The van der Waals surface area contributed by atoms with E-state index < -0.39 is 0 Å². The average molecular weight is 201 g/mol. The second-order valence-corrected chi connectivity index (χ2v) is 4.88. The molecule has 0 aliphatic rings. The number of rotatable bonds is 4. The Morgan fingerprint density at radius 1 is 1.62 bits per heavy atom. The lowest BCUT2D eigenvalue weighted by Gasteiger charge is -2.21. The van der Waals surface area contributed by atoms with Gasteiger partial charge < -0.3 is 11.1 Å². The second-order valence-electron chi connectivity index (χ2n) is 3.36. The summed E-state index contributed by atoms with van der Waals surface area (Å²) in [5.41, 5.74) is 5.38. The molecule has 1 heterocycles. The van der Waals surface area contributed by atoms with E-state index in [4.69, 9.17) is 5.73 Å². The zero-order chi connectivity index (χ0) is 9.90. The third kappa shape index (κ3) is 3.14. The van der Waals surface area contributed by atoms with Gasteiger partial charge in [0.15, 0.2) is 0 Å². The van der Waals surface area contributed by atoms with Gasteiger partial charge in [-0.15, -0.1) is 5.10 Å². The highest BCUT2D eigenvalue weighted by Crippen LogP contribution is 2.20. The van der Waals surface area contributed by atoms with Crippen LogP contribution in [-0.2, 0) is 0 Å². The summed E-state index contributed by atoms with van der Waals surface area (Å²) in [6.45, 7) is 5.12. The molecule has 0 saturated carbocycles. The number of hydrogen-bond acceptors (Lipinski definition) is 5. The molecule has 0 amide bonds. The topological polar surface area (TPSA) is 79.6 Å². The Morgan fingerprint density at radius 2 is 2.31 bits per heavy atom. The largest absolute Gasteiger partial charge is 0.368 e. The normalized spacial score (nSPS) is 11.6. The first kappa shape index (κ1) is 10.2. The van der Waals surface area contributed by atoms with E-state index in [0.29, 0.717) is 11.9 Å². The summed E-state index contributed by atoms with van der Waals surface area (Å²) in [4.78, 5) is 3.94. The maximum atomic E-state index is 5.38. The number of nitrogens with one attached hydrogen (secondary N) is 2. The standard InChI is InChI=1S/C7H15N5S/c1-7(2,13-3)4-9-6-10-5(8)11-12-6/h4H2,1-3H3,(H4,8,9,10,11,12). The number of nitrogens with two attached hydrogens (primary N) is 1. The van der Waals surface area contributed by atoms with Crippen LogP contribution in [-0.4, -0.2) is 32.7 Å². The van der Waals surface area contributed by atoms with Gasteiger partial charge in [-0.3, -0.25) is 0 Å². The zero-order valence-electron chi connectivity index (χ0n) is 8.09. The van der Waals surface area contributed by atoms with E-state index >= 15 is 0 Å². The van der Waals surface area contributed by atoms with Crippen molar-refractivity contribution < 1.29 is 0 Å². The molecule has 1 aromatic heterocycles. The van der Waals surface area contributed by atoms with Crippen LogP contribution in [0.3, 0.4) is 0 Å². The van der Waals surface area contributed by atoms with E-state index in [2.05, 4.69) is 40.6 Å². The molecule has 5 nitrogen and oxygen atoms in total. The summed E-state index contributed by atoms with van der Waals surface area (Å²) in [5, 5.41) is 9.54. The SMILES string of the molecule is CSC(C)(C)CNc1n[nH]c(N)n1. The predicted molar refractivity (Wildman–Crippen MR) is 56.9 cm³/mol. The quantitative estimate of drug-likeness (QED) is 0.675. The van der Waals surface area contributed by atoms with Gasteiger partial charge in [-0.2, -0.15) is 16.7 Å². The number of H-pyrrole nitrogens is 1.